The van der Waals surface area contributed by atoms with Crippen LogP contribution in [0.2, 0.25) is 0 Å². The summed E-state index contributed by atoms with van der Waals surface area (Å²) in [6.07, 6.45) is 0. The predicted octanol–water partition coefficient (Wildman–Crippen LogP) is 1.98. The molecule has 0 saturated heterocycles. The molecule has 0 unspecified atom stereocenters. The van der Waals surface area contributed by atoms with E-state index < -0.39 is 6.03 Å². The van der Waals surface area contributed by atoms with Crippen LogP contribution >= 0.6 is 0 Å². The average Bonchev–Trinajstić information content (AvgIpc) is 2.53. The normalized spacial score (nSPS) is 9.59. The number of carbonyl (C=O) groups is 2. The van der Waals surface area contributed by atoms with Crippen LogP contribution in [0.5, 0.6) is 0 Å². The molecule has 6 heteroatoms. The first kappa shape index (κ1) is 15.1. The number of hydrogen-bond donors (Lipinski definition) is 3. The third kappa shape index (κ3) is 4.08. The van der Waals surface area contributed by atoms with E-state index >= 15 is 0 Å². The van der Waals surface area contributed by atoms with Gasteiger partial charge in [0, 0.05) is 17.8 Å². The van der Waals surface area contributed by atoms with Crippen molar-refractivity contribution in [2.75, 3.05) is 5.32 Å². The van der Waals surface area contributed by atoms with Crippen molar-refractivity contribution in [1.82, 2.24) is 5.32 Å². The molecule has 2 aromatic carbocycles. The summed E-state index contributed by atoms with van der Waals surface area (Å²) in [7, 11) is 0. The summed E-state index contributed by atoms with van der Waals surface area (Å²) in [6.45, 7) is 0.340. The highest BCUT2D eigenvalue weighted by Crippen LogP contribution is 2.10. The Hall–Kier alpha value is -3.33. The Bertz CT molecular complexity index is 733. The van der Waals surface area contributed by atoms with Crippen LogP contribution in [0.3, 0.4) is 0 Å². The fraction of sp³-hybridized carbons (Fsp3) is 0.0625. The molecule has 0 aliphatic carbocycles. The van der Waals surface area contributed by atoms with Gasteiger partial charge in [0.25, 0.3) is 5.91 Å². The number of urea groups is 1. The van der Waals surface area contributed by atoms with Gasteiger partial charge in [-0.25, -0.2) is 4.79 Å². The van der Waals surface area contributed by atoms with Crippen LogP contribution in [0.1, 0.15) is 21.5 Å². The largest absolute Gasteiger partial charge is 0.351 e. The molecule has 22 heavy (non-hydrogen) atoms. The van der Waals surface area contributed by atoms with Gasteiger partial charge in [-0.1, -0.05) is 18.2 Å². The average molecular weight is 294 g/mol. The van der Waals surface area contributed by atoms with Crippen LogP contribution in [0.15, 0.2) is 48.5 Å². The summed E-state index contributed by atoms with van der Waals surface area (Å²) in [4.78, 5) is 22.7. The van der Waals surface area contributed by atoms with E-state index in [1.807, 2.05) is 6.07 Å². The van der Waals surface area contributed by atoms with Gasteiger partial charge in [-0.15, -0.1) is 0 Å². The third-order valence-electron chi connectivity index (χ3n) is 2.93. The Labute approximate surface area is 127 Å². The fourth-order valence-corrected chi connectivity index (χ4v) is 1.86. The minimum atomic E-state index is -0.626. The van der Waals surface area contributed by atoms with Gasteiger partial charge in [-0.05, 0) is 35.9 Å². The maximum absolute atomic E-state index is 12.0. The number of nitrogens with two attached hydrogens (primary N) is 1. The van der Waals surface area contributed by atoms with Crippen molar-refractivity contribution in [2.45, 2.75) is 6.54 Å². The molecule has 0 bridgehead atoms. The summed E-state index contributed by atoms with van der Waals surface area (Å²) in [5, 5.41) is 14.0. The molecule has 110 valence electrons. The zero-order valence-electron chi connectivity index (χ0n) is 11.7. The van der Waals surface area contributed by atoms with Gasteiger partial charge in [-0.2, -0.15) is 5.26 Å². The number of nitrogens with zero attached hydrogens (tertiary/aromatic N) is 1. The number of anilines is 1. The summed E-state index contributed by atoms with van der Waals surface area (Å²) in [6, 6.07) is 14.8. The molecular weight excluding hydrogens is 280 g/mol. The van der Waals surface area contributed by atoms with E-state index in [2.05, 4.69) is 10.6 Å². The summed E-state index contributed by atoms with van der Waals surface area (Å²) in [5.41, 5.74) is 7.36. The summed E-state index contributed by atoms with van der Waals surface area (Å²) >= 11 is 0. The fourth-order valence-electron chi connectivity index (χ4n) is 1.86. The summed E-state index contributed by atoms with van der Waals surface area (Å²) < 4.78 is 0. The van der Waals surface area contributed by atoms with E-state index in [0.29, 0.717) is 23.4 Å². The van der Waals surface area contributed by atoms with Gasteiger partial charge >= 0.3 is 6.03 Å². The lowest BCUT2D eigenvalue weighted by Crippen LogP contribution is -2.23. The highest BCUT2D eigenvalue weighted by molar-refractivity contribution is 5.94. The Balaban J connectivity index is 1.96. The lowest BCUT2D eigenvalue weighted by Gasteiger charge is -2.07. The SMILES string of the molecule is N#Cc1cccc(C(=O)NCc2ccc(NC(N)=O)cc2)c1. The van der Waals surface area contributed by atoms with Crippen LogP contribution < -0.4 is 16.4 Å². The molecular formula is C16H14N4O2. The smallest absolute Gasteiger partial charge is 0.316 e. The zero-order chi connectivity index (χ0) is 15.9. The first-order valence-corrected chi connectivity index (χ1v) is 6.52. The van der Waals surface area contributed by atoms with Crippen LogP contribution in [0.4, 0.5) is 10.5 Å². The van der Waals surface area contributed by atoms with Gasteiger partial charge in [0.1, 0.15) is 0 Å². The monoisotopic (exact) mass is 294 g/mol. The molecule has 2 aromatic rings. The topological polar surface area (TPSA) is 108 Å². The van der Waals surface area contributed by atoms with Crippen LogP contribution in [-0.4, -0.2) is 11.9 Å². The number of hydrogen-bond acceptors (Lipinski definition) is 3. The Morgan fingerprint density at radius 3 is 2.50 bits per heavy atom. The highest BCUT2D eigenvalue weighted by atomic mass is 16.2. The van der Waals surface area contributed by atoms with Gasteiger partial charge in [0.05, 0.1) is 11.6 Å². The highest BCUT2D eigenvalue weighted by Gasteiger charge is 2.06. The molecule has 6 nitrogen and oxygen atoms in total. The lowest BCUT2D eigenvalue weighted by molar-refractivity contribution is 0.0951. The molecule has 2 rings (SSSR count). The molecule has 0 atom stereocenters. The van der Waals surface area contributed by atoms with E-state index in [9.17, 15) is 9.59 Å². The third-order valence-corrected chi connectivity index (χ3v) is 2.93. The first-order chi connectivity index (χ1) is 10.6. The minimum absolute atomic E-state index is 0.253. The van der Waals surface area contributed by atoms with Gasteiger partial charge < -0.3 is 16.4 Å². The van der Waals surface area contributed by atoms with E-state index in [1.165, 1.54) is 6.07 Å². The Kier molecular flexibility index (Phi) is 4.73. The van der Waals surface area contributed by atoms with Crippen LogP contribution in [0.25, 0.3) is 0 Å². The Morgan fingerprint density at radius 2 is 1.86 bits per heavy atom. The van der Waals surface area contributed by atoms with Crippen molar-refractivity contribution >= 4 is 17.6 Å². The van der Waals surface area contributed by atoms with Crippen molar-refractivity contribution in [3.8, 4) is 6.07 Å². The number of benzene rings is 2. The maximum Gasteiger partial charge on any atom is 0.316 e. The van der Waals surface area contributed by atoms with E-state index in [4.69, 9.17) is 11.0 Å². The van der Waals surface area contributed by atoms with Crippen molar-refractivity contribution in [2.24, 2.45) is 5.73 Å². The van der Waals surface area contributed by atoms with Crippen LogP contribution in [-0.2, 0) is 6.54 Å². The minimum Gasteiger partial charge on any atom is -0.351 e. The zero-order valence-corrected chi connectivity index (χ0v) is 11.7. The number of primary amides is 1. The van der Waals surface area contributed by atoms with Crippen molar-refractivity contribution < 1.29 is 9.59 Å². The number of rotatable bonds is 4. The molecule has 0 aliphatic rings. The number of nitriles is 1. The Morgan fingerprint density at radius 1 is 1.14 bits per heavy atom. The summed E-state index contributed by atoms with van der Waals surface area (Å²) in [5.74, 6) is -0.253. The molecule has 0 saturated carbocycles. The lowest BCUT2D eigenvalue weighted by atomic mass is 10.1. The van der Waals surface area contributed by atoms with Crippen molar-refractivity contribution in [3.63, 3.8) is 0 Å². The molecule has 3 amide bonds. The second-order valence-corrected chi connectivity index (χ2v) is 4.56. The van der Waals surface area contributed by atoms with E-state index in [1.54, 1.807) is 42.5 Å². The second kappa shape index (κ2) is 6.90. The quantitative estimate of drug-likeness (QED) is 0.802. The molecule has 0 aromatic heterocycles. The maximum atomic E-state index is 12.0. The molecule has 0 spiro atoms. The van der Waals surface area contributed by atoms with Crippen molar-refractivity contribution in [1.29, 1.82) is 5.26 Å². The molecule has 4 N–H and O–H groups in total. The second-order valence-electron chi connectivity index (χ2n) is 4.56. The van der Waals surface area contributed by atoms with Gasteiger partial charge in [0.15, 0.2) is 0 Å². The predicted molar refractivity (Wildman–Crippen MR) is 82.0 cm³/mol. The molecule has 0 radical (unpaired) electrons. The van der Waals surface area contributed by atoms with Gasteiger partial charge in [-0.3, -0.25) is 4.79 Å². The standard InChI is InChI=1S/C16H14N4O2/c17-9-12-2-1-3-13(8-12)15(21)19-10-11-4-6-14(7-5-11)20-16(18)22/h1-8H,10H2,(H,19,21)(H3,18,20,22). The van der Waals surface area contributed by atoms with E-state index in [-0.39, 0.29) is 5.91 Å². The number of amides is 3. The van der Waals surface area contributed by atoms with Gasteiger partial charge in [0.2, 0.25) is 0 Å². The molecule has 0 fully saturated rings. The van der Waals surface area contributed by atoms with Crippen molar-refractivity contribution in [3.05, 3.63) is 65.2 Å². The number of nitrogens with one attached hydrogen (secondary N) is 2. The van der Waals surface area contributed by atoms with Crippen LogP contribution in [0, 0.1) is 11.3 Å². The first-order valence-electron chi connectivity index (χ1n) is 6.52. The molecule has 0 aliphatic heterocycles. The number of carbonyl (C=O) groups excluding carboxylic acids is 2. The van der Waals surface area contributed by atoms with E-state index in [0.717, 1.165) is 5.56 Å². The molecule has 0 heterocycles.